The van der Waals surface area contributed by atoms with Gasteiger partial charge in [0.2, 0.25) is 0 Å². The van der Waals surface area contributed by atoms with Gasteiger partial charge in [-0.2, -0.15) is 0 Å². The van der Waals surface area contributed by atoms with Crippen LogP contribution in [0, 0.1) is 0 Å². The summed E-state index contributed by atoms with van der Waals surface area (Å²) in [7, 11) is 2.34. The molecule has 0 aromatic carbocycles. The number of nitrogens with zero attached hydrogens (tertiary/aromatic N) is 4. The van der Waals surface area contributed by atoms with Crippen LogP contribution < -0.4 is 11.1 Å². The molecule has 7 nitrogen and oxygen atoms in total. The summed E-state index contributed by atoms with van der Waals surface area (Å²) in [5.41, 5.74) is 9.33. The molecule has 1 saturated heterocycles. The fourth-order valence-electron chi connectivity index (χ4n) is 4.06. The number of rotatable bonds is 5. The minimum absolute atomic E-state index is 0.0712. The summed E-state index contributed by atoms with van der Waals surface area (Å²) < 4.78 is 2.92. The second kappa shape index (κ2) is 7.83. The molecule has 0 unspecified atom stereocenters. The van der Waals surface area contributed by atoms with E-state index < -0.39 is 0 Å². The van der Waals surface area contributed by atoms with Gasteiger partial charge in [-0.05, 0) is 50.0 Å². The Kier molecular flexibility index (Phi) is 5.24. The Morgan fingerprint density at radius 3 is 2.83 bits per heavy atom. The maximum atomic E-state index is 11.8. The number of ketones is 1. The van der Waals surface area contributed by atoms with Gasteiger partial charge in [0.15, 0.2) is 11.6 Å². The van der Waals surface area contributed by atoms with Crippen LogP contribution in [0.25, 0.3) is 5.52 Å². The molecule has 0 saturated carbocycles. The highest BCUT2D eigenvalue weighted by molar-refractivity contribution is 6.22. The standard InChI is InChI=1S/C22H28N6O/c1-16-14-18(17(23)15-20(16)29)25-21-19-8-4-5-10-27(19)26-22(21)24-9-13-28(2)11-6-3-7-12-28/h4-5,8,10,14-15H,3,6-7,9,11-13H2,1-2H3,(H2-,23,24,26,29)/p+1/b25-18+. The second-order valence-corrected chi connectivity index (χ2v) is 8.29. The highest BCUT2D eigenvalue weighted by Gasteiger charge is 2.24. The molecule has 1 aliphatic heterocycles. The molecule has 7 heteroatoms. The number of hydrogen-bond donors (Lipinski definition) is 2. The van der Waals surface area contributed by atoms with Crippen molar-refractivity contribution in [1.82, 2.24) is 9.61 Å². The lowest BCUT2D eigenvalue weighted by Gasteiger charge is -2.37. The lowest BCUT2D eigenvalue weighted by atomic mass is 10.0. The summed E-state index contributed by atoms with van der Waals surface area (Å²) in [4.78, 5) is 16.6. The minimum atomic E-state index is -0.0712. The van der Waals surface area contributed by atoms with Gasteiger partial charge in [0.25, 0.3) is 0 Å². The SMILES string of the molecule is CC1=C/C(=N\c2c(NCC[N+]3(C)CCCCC3)nn3ccccc23)C(N)=CC1=O. The van der Waals surface area contributed by atoms with E-state index in [1.165, 1.54) is 38.4 Å². The average Bonchev–Trinajstić information content (AvgIpc) is 3.04. The first kappa shape index (κ1) is 19.4. The summed E-state index contributed by atoms with van der Waals surface area (Å²) in [6.07, 6.45) is 9.05. The minimum Gasteiger partial charge on any atom is -0.397 e. The van der Waals surface area contributed by atoms with E-state index in [1.54, 1.807) is 13.0 Å². The van der Waals surface area contributed by atoms with E-state index >= 15 is 0 Å². The first-order valence-electron chi connectivity index (χ1n) is 10.3. The molecule has 2 aliphatic rings. The Morgan fingerprint density at radius 1 is 1.24 bits per heavy atom. The van der Waals surface area contributed by atoms with Crippen molar-refractivity contribution in [3.63, 3.8) is 0 Å². The van der Waals surface area contributed by atoms with Crippen molar-refractivity contribution in [2.45, 2.75) is 26.2 Å². The van der Waals surface area contributed by atoms with Crippen molar-refractivity contribution in [1.29, 1.82) is 0 Å². The number of piperidine rings is 1. The molecule has 0 atom stereocenters. The number of nitrogens with one attached hydrogen (secondary N) is 1. The van der Waals surface area contributed by atoms with E-state index in [1.807, 2.05) is 28.9 Å². The van der Waals surface area contributed by atoms with Crippen molar-refractivity contribution < 1.29 is 9.28 Å². The normalized spacial score (nSPS) is 20.6. The molecule has 3 N–H and O–H groups in total. The number of fused-ring (bicyclic) bond motifs is 1. The van der Waals surface area contributed by atoms with Crippen LogP contribution in [-0.4, -0.2) is 58.8 Å². The van der Waals surface area contributed by atoms with Crippen LogP contribution >= 0.6 is 0 Å². The molecular weight excluding hydrogens is 364 g/mol. The van der Waals surface area contributed by atoms with Crippen molar-refractivity contribution in [3.8, 4) is 0 Å². The monoisotopic (exact) mass is 393 g/mol. The van der Waals surface area contributed by atoms with Crippen molar-refractivity contribution in [2.75, 3.05) is 38.5 Å². The van der Waals surface area contributed by atoms with Crippen LogP contribution in [0.4, 0.5) is 11.5 Å². The van der Waals surface area contributed by atoms with Gasteiger partial charge in [-0.25, -0.2) is 9.51 Å². The number of likely N-dealkylation sites (N-methyl/N-ethyl adjacent to an activating group) is 1. The van der Waals surface area contributed by atoms with Crippen LogP contribution in [0.2, 0.25) is 0 Å². The topological polar surface area (TPSA) is 84.8 Å². The number of allylic oxidation sites excluding steroid dienone is 3. The number of pyridine rings is 1. The third-order valence-corrected chi connectivity index (χ3v) is 5.91. The smallest absolute Gasteiger partial charge is 0.183 e. The number of likely N-dealkylation sites (tertiary alicyclic amines) is 1. The average molecular weight is 394 g/mol. The Hall–Kier alpha value is -2.93. The van der Waals surface area contributed by atoms with E-state index in [9.17, 15) is 4.79 Å². The number of quaternary nitrogens is 1. The van der Waals surface area contributed by atoms with Gasteiger partial charge in [0, 0.05) is 12.3 Å². The van der Waals surface area contributed by atoms with Crippen LogP contribution in [0.15, 0.2) is 52.8 Å². The molecule has 4 rings (SSSR count). The van der Waals surface area contributed by atoms with Gasteiger partial charge in [0.05, 0.1) is 50.2 Å². The lowest BCUT2D eigenvalue weighted by Crippen LogP contribution is -2.50. The fraction of sp³-hybridized carbons (Fsp3) is 0.409. The van der Waals surface area contributed by atoms with Crippen LogP contribution in [0.1, 0.15) is 26.2 Å². The number of carbonyl (C=O) groups is 1. The van der Waals surface area contributed by atoms with Gasteiger partial charge < -0.3 is 15.5 Å². The zero-order valence-corrected chi connectivity index (χ0v) is 17.2. The summed E-state index contributed by atoms with van der Waals surface area (Å²) >= 11 is 0. The molecule has 0 bridgehead atoms. The number of nitrogens with two attached hydrogens (primary N) is 1. The molecule has 2 aromatic rings. The Bertz CT molecular complexity index is 1020. The van der Waals surface area contributed by atoms with Gasteiger partial charge in [-0.15, -0.1) is 5.10 Å². The van der Waals surface area contributed by atoms with E-state index in [-0.39, 0.29) is 5.78 Å². The molecule has 0 spiro atoms. The van der Waals surface area contributed by atoms with Gasteiger partial charge >= 0.3 is 0 Å². The summed E-state index contributed by atoms with van der Waals surface area (Å²) in [5, 5.41) is 8.18. The number of carbonyl (C=O) groups excluding carboxylic acids is 1. The maximum absolute atomic E-state index is 11.8. The molecule has 152 valence electrons. The molecule has 1 aliphatic carbocycles. The quantitative estimate of drug-likeness (QED) is 0.604. The Morgan fingerprint density at radius 2 is 2.03 bits per heavy atom. The summed E-state index contributed by atoms with van der Waals surface area (Å²) in [6.45, 7) is 6.14. The maximum Gasteiger partial charge on any atom is 0.183 e. The first-order chi connectivity index (χ1) is 14.0. The van der Waals surface area contributed by atoms with E-state index in [2.05, 4.69) is 17.5 Å². The molecule has 2 aromatic heterocycles. The zero-order chi connectivity index (χ0) is 20.4. The van der Waals surface area contributed by atoms with E-state index in [0.717, 1.165) is 34.6 Å². The highest BCUT2D eigenvalue weighted by Crippen LogP contribution is 2.31. The largest absolute Gasteiger partial charge is 0.397 e. The van der Waals surface area contributed by atoms with Crippen molar-refractivity contribution >= 4 is 28.5 Å². The number of anilines is 1. The number of aliphatic imine (C=N–C) groups is 1. The van der Waals surface area contributed by atoms with Gasteiger partial charge in [0.1, 0.15) is 5.69 Å². The second-order valence-electron chi connectivity index (χ2n) is 8.29. The van der Waals surface area contributed by atoms with Crippen LogP contribution in [0.5, 0.6) is 0 Å². The van der Waals surface area contributed by atoms with E-state index in [4.69, 9.17) is 10.7 Å². The van der Waals surface area contributed by atoms with Crippen molar-refractivity contribution in [2.24, 2.45) is 10.7 Å². The molecular formula is C22H29N6O+. The Balaban J connectivity index is 1.62. The summed E-state index contributed by atoms with van der Waals surface area (Å²) in [6, 6.07) is 5.90. The summed E-state index contributed by atoms with van der Waals surface area (Å²) in [5.74, 6) is 0.668. The van der Waals surface area contributed by atoms with Crippen LogP contribution in [-0.2, 0) is 4.79 Å². The lowest BCUT2D eigenvalue weighted by molar-refractivity contribution is -0.912. The third kappa shape index (κ3) is 4.10. The number of aromatic nitrogens is 2. The third-order valence-electron chi connectivity index (χ3n) is 5.91. The first-order valence-corrected chi connectivity index (χ1v) is 10.3. The molecule has 0 radical (unpaired) electrons. The van der Waals surface area contributed by atoms with Gasteiger partial charge in [-0.1, -0.05) is 6.07 Å². The molecule has 1 fully saturated rings. The molecule has 3 heterocycles. The highest BCUT2D eigenvalue weighted by atomic mass is 16.1. The zero-order valence-electron chi connectivity index (χ0n) is 17.2. The predicted octanol–water partition coefficient (Wildman–Crippen LogP) is 2.82. The van der Waals surface area contributed by atoms with Gasteiger partial charge in [-0.3, -0.25) is 4.79 Å². The van der Waals surface area contributed by atoms with Crippen molar-refractivity contribution in [3.05, 3.63) is 47.8 Å². The molecule has 0 amide bonds. The predicted molar refractivity (Wildman–Crippen MR) is 116 cm³/mol. The van der Waals surface area contributed by atoms with Crippen LogP contribution in [0.3, 0.4) is 0 Å². The van der Waals surface area contributed by atoms with E-state index in [0.29, 0.717) is 17.0 Å². The fourth-order valence-corrected chi connectivity index (χ4v) is 4.06. The Labute approximate surface area is 171 Å². The number of hydrogen-bond acceptors (Lipinski definition) is 5. The molecule has 29 heavy (non-hydrogen) atoms.